The molecule has 0 unspecified atom stereocenters. The number of aryl methyl sites for hydroxylation is 1. The standard InChI is InChI=1S/C17H14N2O2/c1-11-9-13(20)5-6-14(11)17(21)19-16-4-2-3-12-7-8-18-10-15(12)16/h2-10,20H,1H3,(H,19,21). The predicted octanol–water partition coefficient (Wildman–Crippen LogP) is 3.50. The lowest BCUT2D eigenvalue weighted by atomic mass is 10.1. The Labute approximate surface area is 122 Å². The molecule has 2 aromatic carbocycles. The summed E-state index contributed by atoms with van der Waals surface area (Å²) in [7, 11) is 0. The topological polar surface area (TPSA) is 62.2 Å². The van der Waals surface area contributed by atoms with E-state index >= 15 is 0 Å². The average Bonchev–Trinajstić information content (AvgIpc) is 2.47. The van der Waals surface area contributed by atoms with Crippen molar-refractivity contribution in [3.8, 4) is 5.75 Å². The molecular weight excluding hydrogens is 264 g/mol. The molecule has 0 bridgehead atoms. The molecule has 4 nitrogen and oxygen atoms in total. The monoisotopic (exact) mass is 278 g/mol. The molecule has 0 aliphatic heterocycles. The third-order valence-electron chi connectivity index (χ3n) is 3.39. The van der Waals surface area contributed by atoms with Crippen molar-refractivity contribution in [3.05, 3.63) is 66.0 Å². The Bertz CT molecular complexity index is 823. The van der Waals surface area contributed by atoms with Crippen LogP contribution in [-0.2, 0) is 0 Å². The summed E-state index contributed by atoms with van der Waals surface area (Å²) in [5.74, 6) is -0.0535. The number of carbonyl (C=O) groups excluding carboxylic acids is 1. The zero-order valence-corrected chi connectivity index (χ0v) is 11.5. The fourth-order valence-corrected chi connectivity index (χ4v) is 2.31. The highest BCUT2D eigenvalue weighted by Gasteiger charge is 2.11. The van der Waals surface area contributed by atoms with E-state index in [2.05, 4.69) is 10.3 Å². The Kier molecular flexibility index (Phi) is 3.28. The molecule has 0 saturated carbocycles. The summed E-state index contributed by atoms with van der Waals surface area (Å²) in [6.45, 7) is 1.79. The molecule has 0 aliphatic rings. The Hall–Kier alpha value is -2.88. The molecule has 0 fully saturated rings. The van der Waals surface area contributed by atoms with E-state index in [4.69, 9.17) is 0 Å². The summed E-state index contributed by atoms with van der Waals surface area (Å²) in [6, 6.07) is 12.3. The van der Waals surface area contributed by atoms with Crippen LogP contribution in [0.2, 0.25) is 0 Å². The number of amides is 1. The van der Waals surface area contributed by atoms with Gasteiger partial charge in [0, 0.05) is 23.3 Å². The number of hydrogen-bond donors (Lipinski definition) is 2. The van der Waals surface area contributed by atoms with Crippen LogP contribution in [0.25, 0.3) is 10.8 Å². The number of benzene rings is 2. The molecular formula is C17H14N2O2. The number of phenolic OH excluding ortho intramolecular Hbond substituents is 1. The molecule has 104 valence electrons. The number of anilines is 1. The van der Waals surface area contributed by atoms with Crippen molar-refractivity contribution < 1.29 is 9.90 Å². The first-order valence-corrected chi connectivity index (χ1v) is 6.59. The summed E-state index contributed by atoms with van der Waals surface area (Å²) in [5.41, 5.74) is 1.98. The van der Waals surface area contributed by atoms with Crippen molar-refractivity contribution in [3.63, 3.8) is 0 Å². The molecule has 3 rings (SSSR count). The number of phenols is 1. The van der Waals surface area contributed by atoms with Gasteiger partial charge in [-0.2, -0.15) is 0 Å². The third-order valence-corrected chi connectivity index (χ3v) is 3.39. The maximum absolute atomic E-state index is 12.4. The summed E-state index contributed by atoms with van der Waals surface area (Å²) in [5, 5.41) is 14.2. The average molecular weight is 278 g/mol. The number of carbonyl (C=O) groups is 1. The first kappa shape index (κ1) is 13.1. The smallest absolute Gasteiger partial charge is 0.255 e. The van der Waals surface area contributed by atoms with Crippen molar-refractivity contribution in [1.29, 1.82) is 0 Å². The van der Waals surface area contributed by atoms with Gasteiger partial charge in [0.25, 0.3) is 5.91 Å². The first-order chi connectivity index (χ1) is 10.1. The molecule has 3 aromatic rings. The van der Waals surface area contributed by atoms with Gasteiger partial charge in [-0.25, -0.2) is 0 Å². The van der Waals surface area contributed by atoms with Crippen molar-refractivity contribution in [2.75, 3.05) is 5.32 Å². The van der Waals surface area contributed by atoms with Crippen LogP contribution in [0, 0.1) is 6.92 Å². The van der Waals surface area contributed by atoms with E-state index in [1.807, 2.05) is 24.3 Å². The lowest BCUT2D eigenvalue weighted by molar-refractivity contribution is 0.102. The van der Waals surface area contributed by atoms with Gasteiger partial charge in [-0.15, -0.1) is 0 Å². The van der Waals surface area contributed by atoms with Gasteiger partial charge in [-0.1, -0.05) is 12.1 Å². The van der Waals surface area contributed by atoms with Crippen molar-refractivity contribution in [2.45, 2.75) is 6.92 Å². The lowest BCUT2D eigenvalue weighted by Gasteiger charge is -2.10. The Morgan fingerprint density at radius 3 is 2.86 bits per heavy atom. The van der Waals surface area contributed by atoms with E-state index in [-0.39, 0.29) is 11.7 Å². The van der Waals surface area contributed by atoms with Crippen LogP contribution >= 0.6 is 0 Å². The summed E-state index contributed by atoms with van der Waals surface area (Å²) >= 11 is 0. The molecule has 1 amide bonds. The summed E-state index contributed by atoms with van der Waals surface area (Å²) in [6.07, 6.45) is 3.45. The molecule has 1 aromatic heterocycles. The fraction of sp³-hybridized carbons (Fsp3) is 0.0588. The number of rotatable bonds is 2. The van der Waals surface area contributed by atoms with E-state index < -0.39 is 0 Å². The number of hydrogen-bond acceptors (Lipinski definition) is 3. The van der Waals surface area contributed by atoms with E-state index in [0.29, 0.717) is 5.56 Å². The van der Waals surface area contributed by atoms with E-state index in [1.165, 1.54) is 6.07 Å². The number of aromatic nitrogens is 1. The molecule has 0 radical (unpaired) electrons. The van der Waals surface area contributed by atoms with E-state index in [1.54, 1.807) is 31.5 Å². The van der Waals surface area contributed by atoms with Crippen molar-refractivity contribution in [2.24, 2.45) is 0 Å². The minimum absolute atomic E-state index is 0.151. The lowest BCUT2D eigenvalue weighted by Crippen LogP contribution is -2.13. The highest BCUT2D eigenvalue weighted by Crippen LogP contribution is 2.23. The molecule has 0 spiro atoms. The fourth-order valence-electron chi connectivity index (χ4n) is 2.31. The van der Waals surface area contributed by atoms with Crippen LogP contribution in [0.15, 0.2) is 54.9 Å². The Balaban J connectivity index is 1.97. The second-order valence-electron chi connectivity index (χ2n) is 4.86. The summed E-state index contributed by atoms with van der Waals surface area (Å²) in [4.78, 5) is 16.5. The third kappa shape index (κ3) is 2.56. The second kappa shape index (κ2) is 5.25. The number of nitrogens with zero attached hydrogens (tertiary/aromatic N) is 1. The predicted molar refractivity (Wildman–Crippen MR) is 82.5 cm³/mol. The Morgan fingerprint density at radius 1 is 1.19 bits per heavy atom. The number of aromatic hydroxyl groups is 1. The van der Waals surface area contributed by atoms with Gasteiger partial charge in [0.2, 0.25) is 0 Å². The van der Waals surface area contributed by atoms with Gasteiger partial charge in [0.1, 0.15) is 5.75 Å². The second-order valence-corrected chi connectivity index (χ2v) is 4.86. The largest absolute Gasteiger partial charge is 0.508 e. The van der Waals surface area contributed by atoms with Crippen LogP contribution in [0.4, 0.5) is 5.69 Å². The van der Waals surface area contributed by atoms with Crippen LogP contribution in [0.1, 0.15) is 15.9 Å². The zero-order chi connectivity index (χ0) is 14.8. The van der Waals surface area contributed by atoms with Gasteiger partial charge < -0.3 is 10.4 Å². The molecule has 2 N–H and O–H groups in total. The molecule has 0 atom stereocenters. The van der Waals surface area contributed by atoms with Crippen LogP contribution in [0.3, 0.4) is 0 Å². The molecule has 0 saturated heterocycles. The van der Waals surface area contributed by atoms with Gasteiger partial charge in [-0.3, -0.25) is 9.78 Å². The van der Waals surface area contributed by atoms with Crippen molar-refractivity contribution >= 4 is 22.4 Å². The summed E-state index contributed by atoms with van der Waals surface area (Å²) < 4.78 is 0. The quantitative estimate of drug-likeness (QED) is 0.754. The zero-order valence-electron chi connectivity index (χ0n) is 11.5. The molecule has 1 heterocycles. The van der Waals surface area contributed by atoms with Gasteiger partial charge in [0.15, 0.2) is 0 Å². The van der Waals surface area contributed by atoms with Crippen LogP contribution in [-0.4, -0.2) is 16.0 Å². The highest BCUT2D eigenvalue weighted by atomic mass is 16.3. The molecule has 21 heavy (non-hydrogen) atoms. The van der Waals surface area contributed by atoms with Crippen molar-refractivity contribution in [1.82, 2.24) is 4.98 Å². The van der Waals surface area contributed by atoms with Gasteiger partial charge in [-0.05, 0) is 48.2 Å². The van der Waals surface area contributed by atoms with Crippen LogP contribution in [0.5, 0.6) is 5.75 Å². The van der Waals surface area contributed by atoms with E-state index in [9.17, 15) is 9.90 Å². The number of fused-ring (bicyclic) bond motifs is 1. The van der Waals surface area contributed by atoms with E-state index in [0.717, 1.165) is 22.0 Å². The maximum atomic E-state index is 12.4. The minimum Gasteiger partial charge on any atom is -0.508 e. The maximum Gasteiger partial charge on any atom is 0.255 e. The molecule has 0 aliphatic carbocycles. The van der Waals surface area contributed by atoms with Crippen LogP contribution < -0.4 is 5.32 Å². The molecule has 4 heteroatoms. The first-order valence-electron chi connectivity index (χ1n) is 6.59. The normalized spacial score (nSPS) is 10.5. The highest BCUT2D eigenvalue weighted by molar-refractivity contribution is 6.09. The van der Waals surface area contributed by atoms with Gasteiger partial charge in [0.05, 0.1) is 5.69 Å². The number of nitrogens with one attached hydrogen (secondary N) is 1. The SMILES string of the molecule is Cc1cc(O)ccc1C(=O)Nc1cccc2ccncc12. The minimum atomic E-state index is -0.205. The van der Waals surface area contributed by atoms with Gasteiger partial charge >= 0.3 is 0 Å². The Morgan fingerprint density at radius 2 is 2.05 bits per heavy atom. The number of pyridine rings is 1.